The summed E-state index contributed by atoms with van der Waals surface area (Å²) in [5.41, 5.74) is 11.0. The van der Waals surface area contributed by atoms with E-state index in [0.29, 0.717) is 18.9 Å². The van der Waals surface area contributed by atoms with Crippen LogP contribution < -0.4 is 11.1 Å². The SMILES string of the molecule is CNC1=C(C(N)=Nc2ccc(-c3cccc(C(C)(C)O)c3)cc2)CN(C(C)=O)CC1. The van der Waals surface area contributed by atoms with Gasteiger partial charge in [0.25, 0.3) is 0 Å². The summed E-state index contributed by atoms with van der Waals surface area (Å²) in [6, 6.07) is 15.7. The highest BCUT2D eigenvalue weighted by molar-refractivity contribution is 6.00. The van der Waals surface area contributed by atoms with Gasteiger partial charge in [-0.15, -0.1) is 0 Å². The molecule has 1 aliphatic rings. The van der Waals surface area contributed by atoms with E-state index in [9.17, 15) is 9.90 Å². The molecule has 3 rings (SSSR count). The average Bonchev–Trinajstić information content (AvgIpc) is 2.73. The van der Waals surface area contributed by atoms with Crippen LogP contribution in [0.25, 0.3) is 11.1 Å². The first kappa shape index (κ1) is 21.6. The molecule has 1 aliphatic heterocycles. The van der Waals surface area contributed by atoms with Crippen molar-refractivity contribution < 1.29 is 9.90 Å². The third-order valence-corrected chi connectivity index (χ3v) is 5.42. The van der Waals surface area contributed by atoms with Crippen molar-refractivity contribution in [1.29, 1.82) is 0 Å². The van der Waals surface area contributed by atoms with Gasteiger partial charge in [-0.3, -0.25) is 4.79 Å². The smallest absolute Gasteiger partial charge is 0.219 e. The molecule has 0 spiro atoms. The highest BCUT2D eigenvalue weighted by atomic mass is 16.3. The average molecular weight is 407 g/mol. The summed E-state index contributed by atoms with van der Waals surface area (Å²) in [5.74, 6) is 0.454. The molecule has 0 fully saturated rings. The number of hydrogen-bond acceptors (Lipinski definition) is 4. The van der Waals surface area contributed by atoms with Crippen LogP contribution in [0.1, 0.15) is 32.8 Å². The van der Waals surface area contributed by atoms with Gasteiger partial charge in [-0.25, -0.2) is 4.99 Å². The minimum Gasteiger partial charge on any atom is -0.391 e. The second-order valence-electron chi connectivity index (χ2n) is 8.08. The Labute approximate surface area is 178 Å². The molecule has 0 aromatic heterocycles. The maximum atomic E-state index is 11.8. The summed E-state index contributed by atoms with van der Waals surface area (Å²) in [5, 5.41) is 13.4. The van der Waals surface area contributed by atoms with Crippen LogP contribution in [0.2, 0.25) is 0 Å². The fourth-order valence-electron chi connectivity index (χ4n) is 3.56. The number of hydrogen-bond donors (Lipinski definition) is 3. The lowest BCUT2D eigenvalue weighted by atomic mass is 9.94. The minimum atomic E-state index is -0.888. The van der Waals surface area contributed by atoms with E-state index in [0.717, 1.165) is 40.1 Å². The Morgan fingerprint density at radius 3 is 2.47 bits per heavy atom. The van der Waals surface area contributed by atoms with Gasteiger partial charge in [-0.2, -0.15) is 0 Å². The molecule has 0 bridgehead atoms. The van der Waals surface area contributed by atoms with E-state index in [1.165, 1.54) is 0 Å². The number of nitrogens with one attached hydrogen (secondary N) is 1. The van der Waals surface area contributed by atoms with Crippen LogP contribution >= 0.6 is 0 Å². The van der Waals surface area contributed by atoms with Crippen molar-refractivity contribution in [1.82, 2.24) is 10.2 Å². The number of aliphatic hydroxyl groups is 1. The van der Waals surface area contributed by atoms with Crippen LogP contribution in [0.4, 0.5) is 5.69 Å². The first-order valence-corrected chi connectivity index (χ1v) is 10.1. The molecule has 4 N–H and O–H groups in total. The summed E-state index contributed by atoms with van der Waals surface area (Å²) in [7, 11) is 1.86. The van der Waals surface area contributed by atoms with Gasteiger partial charge in [0, 0.05) is 38.2 Å². The van der Waals surface area contributed by atoms with E-state index in [4.69, 9.17) is 5.73 Å². The molecule has 6 nitrogen and oxygen atoms in total. The second-order valence-corrected chi connectivity index (χ2v) is 8.08. The van der Waals surface area contributed by atoms with Crippen molar-refractivity contribution in [2.75, 3.05) is 20.1 Å². The summed E-state index contributed by atoms with van der Waals surface area (Å²) < 4.78 is 0. The monoisotopic (exact) mass is 406 g/mol. The molecule has 1 heterocycles. The summed E-state index contributed by atoms with van der Waals surface area (Å²) in [6.45, 7) is 6.27. The molecule has 0 atom stereocenters. The molecule has 0 saturated heterocycles. The molecule has 1 amide bonds. The van der Waals surface area contributed by atoms with E-state index in [-0.39, 0.29) is 5.91 Å². The predicted octanol–water partition coefficient (Wildman–Crippen LogP) is 3.30. The third kappa shape index (κ3) is 4.89. The van der Waals surface area contributed by atoms with Gasteiger partial charge < -0.3 is 21.1 Å². The molecule has 2 aromatic rings. The number of carbonyl (C=O) groups is 1. The van der Waals surface area contributed by atoms with Crippen LogP contribution in [-0.4, -0.2) is 41.9 Å². The lowest BCUT2D eigenvalue weighted by Crippen LogP contribution is -2.40. The molecule has 0 aliphatic carbocycles. The Morgan fingerprint density at radius 1 is 1.17 bits per heavy atom. The lowest BCUT2D eigenvalue weighted by Gasteiger charge is -2.29. The number of nitrogens with two attached hydrogens (primary N) is 1. The van der Waals surface area contributed by atoms with Crippen LogP contribution in [0, 0.1) is 0 Å². The fraction of sp³-hybridized carbons (Fsp3) is 0.333. The topological polar surface area (TPSA) is 90.9 Å². The van der Waals surface area contributed by atoms with Crippen molar-refractivity contribution >= 4 is 17.4 Å². The molecule has 0 radical (unpaired) electrons. The third-order valence-electron chi connectivity index (χ3n) is 5.42. The fourth-order valence-corrected chi connectivity index (χ4v) is 3.56. The Hall–Kier alpha value is -3.12. The van der Waals surface area contributed by atoms with E-state index in [2.05, 4.69) is 10.3 Å². The Kier molecular flexibility index (Phi) is 6.27. The van der Waals surface area contributed by atoms with Crippen LogP contribution in [0.3, 0.4) is 0 Å². The van der Waals surface area contributed by atoms with Crippen LogP contribution in [0.15, 0.2) is 64.8 Å². The molecule has 0 unspecified atom stereocenters. The molecule has 158 valence electrons. The maximum absolute atomic E-state index is 11.8. The normalized spacial score (nSPS) is 15.4. The highest BCUT2D eigenvalue weighted by Crippen LogP contribution is 2.28. The van der Waals surface area contributed by atoms with E-state index in [1.54, 1.807) is 25.7 Å². The zero-order chi connectivity index (χ0) is 21.9. The highest BCUT2D eigenvalue weighted by Gasteiger charge is 2.22. The largest absolute Gasteiger partial charge is 0.391 e. The number of benzene rings is 2. The number of amides is 1. The van der Waals surface area contributed by atoms with Gasteiger partial charge in [0.1, 0.15) is 5.84 Å². The van der Waals surface area contributed by atoms with Crippen molar-refractivity contribution in [2.24, 2.45) is 10.7 Å². The first-order valence-electron chi connectivity index (χ1n) is 10.1. The van der Waals surface area contributed by atoms with Gasteiger partial charge in [0.05, 0.1) is 17.8 Å². The van der Waals surface area contributed by atoms with Crippen molar-refractivity contribution in [3.05, 3.63) is 65.4 Å². The van der Waals surface area contributed by atoms with Gasteiger partial charge >= 0.3 is 0 Å². The molecule has 30 heavy (non-hydrogen) atoms. The van der Waals surface area contributed by atoms with Gasteiger partial charge in [0.2, 0.25) is 5.91 Å². The molecule has 0 saturated carbocycles. The van der Waals surface area contributed by atoms with Gasteiger partial charge in [-0.05, 0) is 48.7 Å². The zero-order valence-corrected chi connectivity index (χ0v) is 18.1. The second kappa shape index (κ2) is 8.71. The maximum Gasteiger partial charge on any atom is 0.219 e. The van der Waals surface area contributed by atoms with Crippen LogP contribution in [-0.2, 0) is 10.4 Å². The van der Waals surface area contributed by atoms with E-state index >= 15 is 0 Å². The predicted molar refractivity (Wildman–Crippen MR) is 121 cm³/mol. The Morgan fingerprint density at radius 2 is 1.87 bits per heavy atom. The molecular weight excluding hydrogens is 376 g/mol. The number of aliphatic imine (C=N–C) groups is 1. The molecule has 2 aromatic carbocycles. The molecular formula is C24H30N4O2. The van der Waals surface area contributed by atoms with E-state index in [1.807, 2.05) is 55.6 Å². The summed E-state index contributed by atoms with van der Waals surface area (Å²) in [4.78, 5) is 18.1. The number of carbonyl (C=O) groups excluding carboxylic acids is 1. The number of rotatable bonds is 5. The van der Waals surface area contributed by atoms with Gasteiger partial charge in [-0.1, -0.05) is 30.3 Å². The number of nitrogens with zero attached hydrogens (tertiary/aromatic N) is 2. The lowest BCUT2D eigenvalue weighted by molar-refractivity contribution is -0.128. The zero-order valence-electron chi connectivity index (χ0n) is 18.1. The van der Waals surface area contributed by atoms with Crippen molar-refractivity contribution in [3.63, 3.8) is 0 Å². The van der Waals surface area contributed by atoms with Crippen molar-refractivity contribution in [3.8, 4) is 11.1 Å². The summed E-state index contributed by atoms with van der Waals surface area (Å²) >= 11 is 0. The standard InChI is InChI=1S/C24H30N4O2/c1-16(29)28-13-12-22(26-4)21(15-28)23(25)27-20-10-8-17(9-11-20)18-6-5-7-19(14-18)24(2,3)30/h5-11,14,26,30H,12-13,15H2,1-4H3,(H2,25,27). The van der Waals surface area contributed by atoms with Crippen LogP contribution in [0.5, 0.6) is 0 Å². The van der Waals surface area contributed by atoms with Gasteiger partial charge in [0.15, 0.2) is 0 Å². The molecule has 6 heteroatoms. The summed E-state index contributed by atoms with van der Waals surface area (Å²) in [6.07, 6.45) is 0.734. The quantitative estimate of drug-likeness (QED) is 0.525. The Bertz CT molecular complexity index is 985. The first-order chi connectivity index (χ1) is 14.2. The van der Waals surface area contributed by atoms with Crippen molar-refractivity contribution in [2.45, 2.75) is 32.8 Å². The number of amidine groups is 1. The Balaban J connectivity index is 1.85. The van der Waals surface area contributed by atoms with E-state index < -0.39 is 5.60 Å². The minimum absolute atomic E-state index is 0.0353.